The van der Waals surface area contributed by atoms with Crippen LogP contribution >= 0.6 is 0 Å². The van der Waals surface area contributed by atoms with Crippen molar-refractivity contribution in [3.63, 3.8) is 0 Å². The minimum Gasteiger partial charge on any atom is -0.369 e. The van der Waals surface area contributed by atoms with E-state index in [-0.39, 0.29) is 24.1 Å². The van der Waals surface area contributed by atoms with Gasteiger partial charge in [0.05, 0.1) is 0 Å². The molecule has 4 saturated heterocycles. The highest BCUT2D eigenvalue weighted by Gasteiger charge is 2.39. The fourth-order valence-electron chi connectivity index (χ4n) is 7.19. The minimum absolute atomic E-state index is 0.106. The van der Waals surface area contributed by atoms with Crippen LogP contribution in [-0.2, 0) is 16.1 Å². The van der Waals surface area contributed by atoms with Crippen LogP contribution in [0.15, 0.2) is 18.2 Å². The van der Waals surface area contributed by atoms with Gasteiger partial charge in [-0.3, -0.25) is 29.5 Å². The van der Waals surface area contributed by atoms with E-state index in [1.807, 2.05) is 6.07 Å². The SMILES string of the molecule is C[C@H]1CNCCN1CCN1CCC(CN2CCN(c3ccc4c(c3)CN(C3CCC(=O)NC3=O)C4=O)CC2)CC1. The highest BCUT2D eigenvalue weighted by Crippen LogP contribution is 2.31. The molecule has 10 heteroatoms. The molecule has 10 nitrogen and oxygen atoms in total. The van der Waals surface area contributed by atoms with Gasteiger partial charge in [-0.1, -0.05) is 0 Å². The molecule has 1 aromatic carbocycles. The summed E-state index contributed by atoms with van der Waals surface area (Å²) >= 11 is 0. The van der Waals surface area contributed by atoms with Crippen LogP contribution in [0.5, 0.6) is 0 Å². The van der Waals surface area contributed by atoms with E-state index in [9.17, 15) is 14.4 Å². The molecule has 2 N–H and O–H groups in total. The second kappa shape index (κ2) is 12.1. The monoisotopic (exact) mass is 551 g/mol. The van der Waals surface area contributed by atoms with E-state index in [0.29, 0.717) is 24.6 Å². The van der Waals surface area contributed by atoms with Crippen LogP contribution in [0, 0.1) is 5.92 Å². The Morgan fingerprint density at radius 1 is 0.900 bits per heavy atom. The maximum absolute atomic E-state index is 13.0. The number of anilines is 1. The molecule has 0 bridgehead atoms. The van der Waals surface area contributed by atoms with Crippen molar-refractivity contribution in [3.8, 4) is 0 Å². The van der Waals surface area contributed by atoms with Crippen molar-refractivity contribution in [2.45, 2.75) is 51.2 Å². The number of imide groups is 1. The minimum atomic E-state index is -0.563. The maximum atomic E-state index is 13.0. The van der Waals surface area contributed by atoms with Crippen LogP contribution in [0.2, 0.25) is 0 Å². The van der Waals surface area contributed by atoms with Crippen LogP contribution in [-0.4, -0.2) is 128 Å². The molecule has 1 unspecified atom stereocenters. The summed E-state index contributed by atoms with van der Waals surface area (Å²) < 4.78 is 0. The largest absolute Gasteiger partial charge is 0.369 e. The molecule has 0 aliphatic carbocycles. The van der Waals surface area contributed by atoms with Crippen molar-refractivity contribution < 1.29 is 14.4 Å². The van der Waals surface area contributed by atoms with E-state index in [1.54, 1.807) is 4.90 Å². The molecule has 4 fully saturated rings. The number of piperidine rings is 2. The molecule has 0 saturated carbocycles. The molecule has 3 amide bonds. The first-order chi connectivity index (χ1) is 19.4. The topological polar surface area (TPSA) is 91.5 Å². The van der Waals surface area contributed by atoms with Crippen molar-refractivity contribution >= 4 is 23.4 Å². The summed E-state index contributed by atoms with van der Waals surface area (Å²) in [5, 5.41) is 5.87. The molecule has 2 atom stereocenters. The van der Waals surface area contributed by atoms with Gasteiger partial charge in [0.25, 0.3) is 5.91 Å². The van der Waals surface area contributed by atoms with Crippen molar-refractivity contribution in [1.29, 1.82) is 0 Å². The van der Waals surface area contributed by atoms with E-state index in [1.165, 1.54) is 52.1 Å². The van der Waals surface area contributed by atoms with Crippen LogP contribution < -0.4 is 15.5 Å². The molecule has 5 heterocycles. The predicted octanol–water partition coefficient (Wildman–Crippen LogP) is 0.575. The third-order valence-electron chi connectivity index (χ3n) is 9.81. The highest BCUT2D eigenvalue weighted by molar-refractivity contribution is 6.05. The number of hydrogen-bond acceptors (Lipinski definition) is 8. The number of nitrogens with zero attached hydrogens (tertiary/aromatic N) is 5. The number of carbonyl (C=O) groups excluding carboxylic acids is 3. The van der Waals surface area contributed by atoms with Crippen molar-refractivity contribution in [1.82, 2.24) is 30.2 Å². The van der Waals surface area contributed by atoms with Crippen molar-refractivity contribution in [2.75, 3.05) is 83.4 Å². The number of fused-ring (bicyclic) bond motifs is 1. The van der Waals surface area contributed by atoms with Gasteiger partial charge in [-0.15, -0.1) is 0 Å². The van der Waals surface area contributed by atoms with Gasteiger partial charge in [-0.2, -0.15) is 0 Å². The van der Waals surface area contributed by atoms with Crippen LogP contribution in [0.25, 0.3) is 0 Å². The summed E-state index contributed by atoms with van der Waals surface area (Å²) in [5.41, 5.74) is 2.82. The van der Waals surface area contributed by atoms with Gasteiger partial charge in [-0.25, -0.2) is 0 Å². The van der Waals surface area contributed by atoms with E-state index in [4.69, 9.17) is 0 Å². The molecular weight excluding hydrogens is 506 g/mol. The number of benzene rings is 1. The standard InChI is InChI=1S/C30H45N7O3/c1-22-19-31-8-11-35(22)15-12-33-9-6-23(7-10-33)20-34-13-16-36(17-14-34)25-2-3-26-24(18-25)21-37(30(26)40)27-4-5-28(38)32-29(27)39/h2-3,18,22-23,27,31H,4-17,19-21H2,1H3,(H,32,38,39)/t22-,27?/m0/s1. The van der Waals surface area contributed by atoms with Gasteiger partial charge in [0.2, 0.25) is 11.8 Å². The normalized spacial score (nSPS) is 27.8. The molecule has 0 aromatic heterocycles. The zero-order valence-corrected chi connectivity index (χ0v) is 23.9. The average Bonchev–Trinajstić information content (AvgIpc) is 3.29. The number of likely N-dealkylation sites (tertiary alicyclic amines) is 1. The Kier molecular flexibility index (Phi) is 8.39. The summed E-state index contributed by atoms with van der Waals surface area (Å²) in [6.45, 7) is 16.4. The van der Waals surface area contributed by atoms with E-state index in [2.05, 4.69) is 49.3 Å². The van der Waals surface area contributed by atoms with Gasteiger partial charge < -0.3 is 20.0 Å². The van der Waals surface area contributed by atoms with Crippen LogP contribution in [0.3, 0.4) is 0 Å². The van der Waals surface area contributed by atoms with Crippen molar-refractivity contribution in [2.24, 2.45) is 5.92 Å². The van der Waals surface area contributed by atoms with Crippen LogP contribution in [0.1, 0.15) is 48.5 Å². The first kappa shape index (κ1) is 27.6. The molecule has 6 rings (SSSR count). The van der Waals surface area contributed by atoms with Gasteiger partial charge in [0, 0.05) is 95.7 Å². The highest BCUT2D eigenvalue weighted by atomic mass is 16.2. The van der Waals surface area contributed by atoms with E-state index >= 15 is 0 Å². The Labute approximate surface area is 238 Å². The lowest BCUT2D eigenvalue weighted by molar-refractivity contribution is -0.136. The van der Waals surface area contributed by atoms with Gasteiger partial charge in [0.1, 0.15) is 6.04 Å². The average molecular weight is 552 g/mol. The molecule has 0 radical (unpaired) electrons. The molecule has 1 aromatic rings. The Hall–Kier alpha value is -2.53. The number of amides is 3. The lowest BCUT2D eigenvalue weighted by atomic mass is 9.96. The van der Waals surface area contributed by atoms with Gasteiger partial charge >= 0.3 is 0 Å². The molecule has 40 heavy (non-hydrogen) atoms. The van der Waals surface area contributed by atoms with E-state index in [0.717, 1.165) is 56.4 Å². The summed E-state index contributed by atoms with van der Waals surface area (Å²) in [6, 6.07) is 6.19. The number of nitrogens with one attached hydrogen (secondary N) is 2. The summed E-state index contributed by atoms with van der Waals surface area (Å²) in [6.07, 6.45) is 3.29. The van der Waals surface area contributed by atoms with Crippen molar-refractivity contribution in [3.05, 3.63) is 29.3 Å². The summed E-state index contributed by atoms with van der Waals surface area (Å²) in [7, 11) is 0. The lowest BCUT2D eigenvalue weighted by Gasteiger charge is -2.40. The fraction of sp³-hybridized carbons (Fsp3) is 0.700. The smallest absolute Gasteiger partial charge is 0.255 e. The second-order valence-electron chi connectivity index (χ2n) is 12.4. The van der Waals surface area contributed by atoms with Crippen LogP contribution in [0.4, 0.5) is 5.69 Å². The predicted molar refractivity (Wildman–Crippen MR) is 154 cm³/mol. The number of hydrogen-bond donors (Lipinski definition) is 2. The van der Waals surface area contributed by atoms with Gasteiger partial charge in [-0.05, 0) is 69.0 Å². The zero-order valence-electron chi connectivity index (χ0n) is 23.9. The zero-order chi connectivity index (χ0) is 27.6. The Morgan fingerprint density at radius 2 is 1.70 bits per heavy atom. The Balaban J connectivity index is 0.942. The fourth-order valence-corrected chi connectivity index (χ4v) is 7.19. The maximum Gasteiger partial charge on any atom is 0.255 e. The quantitative estimate of drug-likeness (QED) is 0.476. The molecule has 218 valence electrons. The molecule has 5 aliphatic heterocycles. The molecule has 0 spiro atoms. The summed E-state index contributed by atoms with van der Waals surface area (Å²) in [4.78, 5) is 48.9. The summed E-state index contributed by atoms with van der Waals surface area (Å²) in [5.74, 6) is 0.0769. The second-order valence-corrected chi connectivity index (χ2v) is 12.4. The number of carbonyl (C=O) groups is 3. The third-order valence-corrected chi connectivity index (χ3v) is 9.81. The lowest BCUT2D eigenvalue weighted by Crippen LogP contribution is -2.52. The first-order valence-corrected chi connectivity index (χ1v) is 15.4. The number of piperazine rings is 2. The van der Waals surface area contributed by atoms with E-state index < -0.39 is 6.04 Å². The third kappa shape index (κ3) is 6.05. The Bertz CT molecular complexity index is 1100. The first-order valence-electron chi connectivity index (χ1n) is 15.4. The number of rotatable bonds is 7. The van der Waals surface area contributed by atoms with Gasteiger partial charge in [0.15, 0.2) is 0 Å². The molecule has 5 aliphatic rings. The Morgan fingerprint density at radius 3 is 2.45 bits per heavy atom. The molecular formula is C30H45N7O3.